The largest absolute Gasteiger partial charge is 0.351 e. The van der Waals surface area contributed by atoms with Gasteiger partial charge in [-0.05, 0) is 62.4 Å². The summed E-state index contributed by atoms with van der Waals surface area (Å²) in [6.07, 6.45) is 4.91. The smallest absolute Gasteiger partial charge is 0.251 e. The monoisotopic (exact) mass is 415 g/mol. The third kappa shape index (κ3) is 5.44. The Labute approximate surface area is 168 Å². The number of halogens is 1. The average Bonchev–Trinajstić information content (AvgIpc) is 2.67. The number of carbonyl (C=O) groups is 1. The fourth-order valence-corrected chi connectivity index (χ4v) is 5.22. The van der Waals surface area contributed by atoms with E-state index < -0.39 is 10.0 Å². The van der Waals surface area contributed by atoms with Gasteiger partial charge in [0.05, 0.1) is 4.90 Å². The number of rotatable bonds is 5. The Morgan fingerprint density at radius 1 is 1.19 bits per heavy atom. The van der Waals surface area contributed by atoms with E-state index in [-0.39, 0.29) is 28.6 Å². The lowest BCUT2D eigenvalue weighted by Crippen LogP contribution is -2.43. The highest BCUT2D eigenvalue weighted by Gasteiger charge is 2.28. The SMILES string of the molecule is CC1(CNC(=O)c2cccc(S(=O)(=O)N3CCCCC3)c2)CCNCC1.Cl. The van der Waals surface area contributed by atoms with Gasteiger partial charge in [0.2, 0.25) is 10.0 Å². The van der Waals surface area contributed by atoms with E-state index in [1.54, 1.807) is 18.2 Å². The van der Waals surface area contributed by atoms with E-state index >= 15 is 0 Å². The van der Waals surface area contributed by atoms with Crippen molar-refractivity contribution in [1.82, 2.24) is 14.9 Å². The molecule has 152 valence electrons. The summed E-state index contributed by atoms with van der Waals surface area (Å²) < 4.78 is 27.1. The molecule has 8 heteroatoms. The van der Waals surface area contributed by atoms with Crippen LogP contribution >= 0.6 is 12.4 Å². The summed E-state index contributed by atoms with van der Waals surface area (Å²) in [6.45, 7) is 5.85. The molecular formula is C19H30ClN3O3S. The van der Waals surface area contributed by atoms with Crippen LogP contribution in [-0.4, -0.2) is 51.4 Å². The second kappa shape index (κ2) is 9.37. The van der Waals surface area contributed by atoms with Crippen molar-refractivity contribution in [1.29, 1.82) is 0 Å². The molecule has 2 saturated heterocycles. The van der Waals surface area contributed by atoms with Gasteiger partial charge in [0.1, 0.15) is 0 Å². The molecule has 0 aromatic heterocycles. The first-order valence-corrected chi connectivity index (χ1v) is 10.9. The molecule has 2 fully saturated rings. The van der Waals surface area contributed by atoms with E-state index in [4.69, 9.17) is 0 Å². The number of nitrogens with zero attached hydrogens (tertiary/aromatic N) is 1. The van der Waals surface area contributed by atoms with Crippen molar-refractivity contribution in [2.24, 2.45) is 5.41 Å². The first kappa shape index (κ1) is 22.1. The van der Waals surface area contributed by atoms with Crippen LogP contribution in [-0.2, 0) is 10.0 Å². The van der Waals surface area contributed by atoms with E-state index in [1.165, 1.54) is 10.4 Å². The summed E-state index contributed by atoms with van der Waals surface area (Å²) in [5.74, 6) is -0.208. The zero-order valence-corrected chi connectivity index (χ0v) is 17.5. The van der Waals surface area contributed by atoms with Crippen LogP contribution in [0.3, 0.4) is 0 Å². The number of nitrogens with one attached hydrogen (secondary N) is 2. The first-order valence-electron chi connectivity index (χ1n) is 9.50. The maximum atomic E-state index is 12.8. The summed E-state index contributed by atoms with van der Waals surface area (Å²) in [5, 5.41) is 6.32. The van der Waals surface area contributed by atoms with Gasteiger partial charge >= 0.3 is 0 Å². The van der Waals surface area contributed by atoms with Crippen molar-refractivity contribution >= 4 is 28.3 Å². The molecule has 6 nitrogen and oxygen atoms in total. The number of hydrogen-bond donors (Lipinski definition) is 2. The predicted molar refractivity (Wildman–Crippen MR) is 109 cm³/mol. The number of piperidine rings is 2. The van der Waals surface area contributed by atoms with Gasteiger partial charge in [-0.3, -0.25) is 4.79 Å². The molecular weight excluding hydrogens is 386 g/mol. The Balaban J connectivity index is 0.00000261. The van der Waals surface area contributed by atoms with Gasteiger partial charge in [-0.2, -0.15) is 4.31 Å². The molecule has 0 spiro atoms. The third-order valence-corrected chi connectivity index (χ3v) is 7.43. The summed E-state index contributed by atoms with van der Waals surface area (Å²) >= 11 is 0. The number of benzene rings is 1. The lowest BCUT2D eigenvalue weighted by Gasteiger charge is -2.34. The molecule has 0 atom stereocenters. The standard InChI is InChI=1S/C19H29N3O3S.ClH/c1-19(8-10-20-11-9-19)15-21-18(23)16-6-5-7-17(14-16)26(24,25)22-12-3-2-4-13-22;/h5-7,14,20H,2-4,8-13,15H2,1H3,(H,21,23);1H. The topological polar surface area (TPSA) is 78.5 Å². The van der Waals surface area contributed by atoms with E-state index in [0.717, 1.165) is 45.2 Å². The quantitative estimate of drug-likeness (QED) is 0.774. The van der Waals surface area contributed by atoms with E-state index in [1.807, 2.05) is 0 Å². The fraction of sp³-hybridized carbons (Fsp3) is 0.632. The minimum atomic E-state index is -3.52. The second-order valence-corrected chi connectivity index (χ2v) is 9.67. The van der Waals surface area contributed by atoms with Crippen LogP contribution in [0, 0.1) is 5.41 Å². The fourth-order valence-electron chi connectivity index (χ4n) is 3.65. The number of sulfonamides is 1. The average molecular weight is 416 g/mol. The van der Waals surface area contributed by atoms with Crippen LogP contribution in [0.2, 0.25) is 0 Å². The summed E-state index contributed by atoms with van der Waals surface area (Å²) in [5.41, 5.74) is 0.499. The third-order valence-electron chi connectivity index (χ3n) is 5.54. The molecule has 0 radical (unpaired) electrons. The van der Waals surface area contributed by atoms with Gasteiger partial charge in [0, 0.05) is 25.2 Å². The maximum Gasteiger partial charge on any atom is 0.251 e. The highest BCUT2D eigenvalue weighted by atomic mass is 35.5. The van der Waals surface area contributed by atoms with Crippen LogP contribution in [0.5, 0.6) is 0 Å². The van der Waals surface area contributed by atoms with Crippen molar-refractivity contribution in [3.05, 3.63) is 29.8 Å². The molecule has 2 heterocycles. The molecule has 2 N–H and O–H groups in total. The van der Waals surface area contributed by atoms with Gasteiger partial charge in [-0.25, -0.2) is 8.42 Å². The van der Waals surface area contributed by atoms with Gasteiger partial charge in [0.25, 0.3) is 5.91 Å². The van der Waals surface area contributed by atoms with E-state index in [9.17, 15) is 13.2 Å². The van der Waals surface area contributed by atoms with E-state index in [2.05, 4.69) is 17.6 Å². The number of hydrogen-bond acceptors (Lipinski definition) is 4. The van der Waals surface area contributed by atoms with Crippen LogP contribution < -0.4 is 10.6 Å². The number of amides is 1. The molecule has 0 aliphatic carbocycles. The van der Waals surface area contributed by atoms with Crippen molar-refractivity contribution in [3.63, 3.8) is 0 Å². The van der Waals surface area contributed by atoms with Gasteiger partial charge < -0.3 is 10.6 Å². The van der Waals surface area contributed by atoms with Gasteiger partial charge in [0.15, 0.2) is 0 Å². The van der Waals surface area contributed by atoms with Crippen molar-refractivity contribution in [3.8, 4) is 0 Å². The molecule has 2 aliphatic rings. The number of carbonyl (C=O) groups excluding carboxylic acids is 1. The molecule has 1 aromatic carbocycles. The summed E-state index contributed by atoms with van der Waals surface area (Å²) in [7, 11) is -3.52. The first-order chi connectivity index (χ1) is 12.4. The Bertz CT molecular complexity index is 742. The Kier molecular flexibility index (Phi) is 7.68. The molecule has 1 aromatic rings. The van der Waals surface area contributed by atoms with Crippen LogP contribution in [0.4, 0.5) is 0 Å². The predicted octanol–water partition coefficient (Wildman–Crippen LogP) is 2.40. The van der Waals surface area contributed by atoms with Crippen molar-refractivity contribution in [2.75, 3.05) is 32.7 Å². The molecule has 1 amide bonds. The summed E-state index contributed by atoms with van der Waals surface area (Å²) in [6, 6.07) is 6.41. The normalized spacial score (nSPS) is 20.5. The molecule has 0 unspecified atom stereocenters. The second-order valence-electron chi connectivity index (χ2n) is 7.74. The highest BCUT2D eigenvalue weighted by molar-refractivity contribution is 7.89. The Hall–Kier alpha value is -1.15. The zero-order valence-electron chi connectivity index (χ0n) is 15.9. The highest BCUT2D eigenvalue weighted by Crippen LogP contribution is 2.27. The Morgan fingerprint density at radius 2 is 1.85 bits per heavy atom. The van der Waals surface area contributed by atoms with Crippen LogP contribution in [0.1, 0.15) is 49.4 Å². The molecule has 27 heavy (non-hydrogen) atoms. The van der Waals surface area contributed by atoms with E-state index in [0.29, 0.717) is 25.2 Å². The van der Waals surface area contributed by atoms with Gasteiger partial charge in [-0.1, -0.05) is 19.4 Å². The molecule has 0 bridgehead atoms. The summed E-state index contributed by atoms with van der Waals surface area (Å²) in [4.78, 5) is 12.8. The van der Waals surface area contributed by atoms with Crippen molar-refractivity contribution < 1.29 is 13.2 Å². The van der Waals surface area contributed by atoms with Gasteiger partial charge in [-0.15, -0.1) is 12.4 Å². The molecule has 2 aliphatic heterocycles. The minimum absolute atomic E-state index is 0. The molecule has 3 rings (SSSR count). The zero-order chi connectivity index (χ0) is 18.6. The Morgan fingerprint density at radius 3 is 2.52 bits per heavy atom. The maximum absolute atomic E-state index is 12.8. The lowest BCUT2D eigenvalue weighted by molar-refractivity contribution is 0.0922. The van der Waals surface area contributed by atoms with Crippen LogP contribution in [0.15, 0.2) is 29.2 Å². The minimum Gasteiger partial charge on any atom is -0.351 e. The lowest BCUT2D eigenvalue weighted by atomic mass is 9.81. The molecule has 0 saturated carbocycles. The van der Waals surface area contributed by atoms with Crippen molar-refractivity contribution in [2.45, 2.75) is 43.9 Å². The van der Waals surface area contributed by atoms with Crippen LogP contribution in [0.25, 0.3) is 0 Å².